The molecule has 150 valence electrons. The summed E-state index contributed by atoms with van der Waals surface area (Å²) in [5.74, 6) is -0.971. The standard InChI is InChI=1S/C18H15F2N3O2.C3H8.H2/c1-10-6-12(9-23(3)18(10)24)17-16(8-21-11(2)22-17)25-15-5-4-13(19)7-14(15)20;1-3-2;/h4-9H,1-3H3;3H2,1-2H3;1H. The maximum absolute atomic E-state index is 13.9. The van der Waals surface area contributed by atoms with Crippen LogP contribution in [-0.4, -0.2) is 14.5 Å². The highest BCUT2D eigenvalue weighted by atomic mass is 19.1. The van der Waals surface area contributed by atoms with Gasteiger partial charge < -0.3 is 9.30 Å². The molecule has 3 aromatic rings. The van der Waals surface area contributed by atoms with Gasteiger partial charge in [0.15, 0.2) is 17.3 Å². The van der Waals surface area contributed by atoms with Crippen LogP contribution in [0.4, 0.5) is 8.78 Å². The Balaban J connectivity index is 0.000000990. The predicted molar refractivity (Wildman–Crippen MR) is 107 cm³/mol. The van der Waals surface area contributed by atoms with E-state index in [1.54, 1.807) is 33.2 Å². The van der Waals surface area contributed by atoms with Gasteiger partial charge in [0.1, 0.15) is 17.3 Å². The van der Waals surface area contributed by atoms with Crippen LogP contribution in [0.5, 0.6) is 11.5 Å². The summed E-state index contributed by atoms with van der Waals surface area (Å²) in [5.41, 5.74) is 1.45. The third kappa shape index (κ3) is 5.00. The first-order valence-corrected chi connectivity index (χ1v) is 8.91. The first-order valence-electron chi connectivity index (χ1n) is 8.91. The Morgan fingerprint density at radius 3 is 2.43 bits per heavy atom. The number of halogens is 2. The summed E-state index contributed by atoms with van der Waals surface area (Å²) < 4.78 is 33.9. The smallest absolute Gasteiger partial charge is 0.253 e. The average molecular weight is 389 g/mol. The minimum Gasteiger partial charge on any atom is -0.450 e. The molecule has 0 atom stereocenters. The fourth-order valence-electron chi connectivity index (χ4n) is 2.42. The van der Waals surface area contributed by atoms with Crippen LogP contribution in [0, 0.1) is 25.5 Å². The summed E-state index contributed by atoms with van der Waals surface area (Å²) in [7, 11) is 1.63. The number of rotatable bonds is 3. The van der Waals surface area contributed by atoms with E-state index in [9.17, 15) is 13.6 Å². The third-order valence-corrected chi connectivity index (χ3v) is 3.63. The molecular weight excluding hydrogens is 364 g/mol. The number of hydrogen-bond acceptors (Lipinski definition) is 4. The van der Waals surface area contributed by atoms with Gasteiger partial charge in [0.25, 0.3) is 5.56 Å². The highest BCUT2D eigenvalue weighted by Gasteiger charge is 2.15. The van der Waals surface area contributed by atoms with Gasteiger partial charge in [0.2, 0.25) is 0 Å². The van der Waals surface area contributed by atoms with E-state index in [4.69, 9.17) is 4.74 Å². The number of nitrogens with zero attached hydrogens (tertiary/aromatic N) is 3. The lowest BCUT2D eigenvalue weighted by molar-refractivity contribution is 0.435. The molecule has 3 rings (SSSR count). The molecule has 0 radical (unpaired) electrons. The van der Waals surface area contributed by atoms with Crippen molar-refractivity contribution >= 4 is 0 Å². The Hall–Kier alpha value is -3.09. The SMILES string of the molecule is CCC.Cc1ncc(Oc2ccc(F)cc2F)c(-c2cc(C)c(=O)n(C)c2)n1.[HH]. The Morgan fingerprint density at radius 2 is 1.82 bits per heavy atom. The largest absolute Gasteiger partial charge is 0.450 e. The van der Waals surface area contributed by atoms with E-state index < -0.39 is 11.6 Å². The molecule has 0 N–H and O–H groups in total. The van der Waals surface area contributed by atoms with E-state index >= 15 is 0 Å². The van der Waals surface area contributed by atoms with Gasteiger partial charge >= 0.3 is 0 Å². The van der Waals surface area contributed by atoms with Gasteiger partial charge in [-0.1, -0.05) is 20.3 Å². The van der Waals surface area contributed by atoms with E-state index in [0.29, 0.717) is 22.6 Å². The third-order valence-electron chi connectivity index (χ3n) is 3.63. The fourth-order valence-corrected chi connectivity index (χ4v) is 2.42. The van der Waals surface area contributed by atoms with Crippen molar-refractivity contribution < 1.29 is 14.9 Å². The molecule has 0 aliphatic carbocycles. The van der Waals surface area contributed by atoms with Crippen molar-refractivity contribution in [1.29, 1.82) is 0 Å². The van der Waals surface area contributed by atoms with Crippen molar-refractivity contribution in [3.8, 4) is 22.8 Å². The minimum atomic E-state index is -0.830. The molecule has 5 nitrogen and oxygen atoms in total. The zero-order valence-corrected chi connectivity index (χ0v) is 16.6. The highest BCUT2D eigenvalue weighted by molar-refractivity contribution is 5.66. The molecule has 0 aliphatic rings. The molecule has 0 fully saturated rings. The lowest BCUT2D eigenvalue weighted by atomic mass is 10.1. The van der Waals surface area contributed by atoms with Crippen LogP contribution in [0.15, 0.2) is 41.5 Å². The molecule has 0 saturated carbocycles. The molecule has 0 aliphatic heterocycles. The van der Waals surface area contributed by atoms with Crippen molar-refractivity contribution in [3.63, 3.8) is 0 Å². The molecule has 28 heavy (non-hydrogen) atoms. The van der Waals surface area contributed by atoms with Crippen LogP contribution in [0.1, 0.15) is 33.1 Å². The molecule has 0 unspecified atom stereocenters. The molecule has 2 aromatic heterocycles. The van der Waals surface area contributed by atoms with Crippen molar-refractivity contribution in [2.75, 3.05) is 0 Å². The monoisotopic (exact) mass is 389 g/mol. The van der Waals surface area contributed by atoms with E-state index in [1.807, 2.05) is 0 Å². The maximum atomic E-state index is 13.9. The van der Waals surface area contributed by atoms with E-state index in [0.717, 1.165) is 12.1 Å². The average Bonchev–Trinajstić information content (AvgIpc) is 2.63. The highest BCUT2D eigenvalue weighted by Crippen LogP contribution is 2.32. The van der Waals surface area contributed by atoms with Gasteiger partial charge in [0, 0.05) is 31.9 Å². The van der Waals surface area contributed by atoms with Gasteiger partial charge in [-0.05, 0) is 32.0 Å². The number of aryl methyl sites for hydroxylation is 3. The first-order chi connectivity index (χ1) is 13.3. The van der Waals surface area contributed by atoms with Gasteiger partial charge in [-0.15, -0.1) is 0 Å². The van der Waals surface area contributed by atoms with E-state index in [-0.39, 0.29) is 18.5 Å². The molecule has 0 spiro atoms. The number of benzene rings is 1. The zero-order valence-electron chi connectivity index (χ0n) is 16.6. The van der Waals surface area contributed by atoms with E-state index in [2.05, 4.69) is 23.8 Å². The molecule has 1 aromatic carbocycles. The Kier molecular flexibility index (Phi) is 6.98. The summed E-state index contributed by atoms with van der Waals surface area (Å²) in [6.07, 6.45) is 4.28. The van der Waals surface area contributed by atoms with Crippen molar-refractivity contribution in [2.45, 2.75) is 34.1 Å². The van der Waals surface area contributed by atoms with Crippen molar-refractivity contribution in [3.05, 3.63) is 70.0 Å². The lowest BCUT2D eigenvalue weighted by Gasteiger charge is -2.12. The Labute approximate surface area is 164 Å². The van der Waals surface area contributed by atoms with Crippen molar-refractivity contribution in [2.24, 2.45) is 7.05 Å². The molecular formula is C21H25F2N3O2. The molecule has 2 heterocycles. The number of aromatic nitrogens is 3. The first kappa shape index (κ1) is 21.2. The van der Waals surface area contributed by atoms with Crippen LogP contribution in [0.2, 0.25) is 0 Å². The van der Waals surface area contributed by atoms with E-state index in [1.165, 1.54) is 23.3 Å². The van der Waals surface area contributed by atoms with Crippen molar-refractivity contribution in [1.82, 2.24) is 14.5 Å². The molecule has 0 saturated heterocycles. The summed E-state index contributed by atoms with van der Waals surface area (Å²) in [6, 6.07) is 4.71. The summed E-state index contributed by atoms with van der Waals surface area (Å²) in [6.45, 7) is 7.65. The fraction of sp³-hybridized carbons (Fsp3) is 0.286. The van der Waals surface area contributed by atoms with Gasteiger partial charge in [-0.2, -0.15) is 0 Å². The van der Waals surface area contributed by atoms with Crippen LogP contribution in [0.25, 0.3) is 11.3 Å². The maximum Gasteiger partial charge on any atom is 0.253 e. The second-order valence-electron chi connectivity index (χ2n) is 6.34. The molecule has 7 heteroatoms. The molecule has 0 amide bonds. The van der Waals surface area contributed by atoms with Crippen LogP contribution in [-0.2, 0) is 7.05 Å². The second kappa shape index (κ2) is 9.21. The normalized spacial score (nSPS) is 10.2. The predicted octanol–water partition coefficient (Wildman–Crippen LogP) is 5.19. The second-order valence-corrected chi connectivity index (χ2v) is 6.34. The van der Waals surface area contributed by atoms with Crippen LogP contribution >= 0.6 is 0 Å². The Bertz CT molecular complexity index is 1010. The van der Waals surface area contributed by atoms with Gasteiger partial charge in [-0.25, -0.2) is 18.7 Å². The van der Waals surface area contributed by atoms with Crippen LogP contribution < -0.4 is 10.3 Å². The number of ether oxygens (including phenoxy) is 1. The Morgan fingerprint density at radius 1 is 1.14 bits per heavy atom. The van der Waals surface area contributed by atoms with Crippen LogP contribution in [0.3, 0.4) is 0 Å². The zero-order chi connectivity index (χ0) is 20.8. The summed E-state index contributed by atoms with van der Waals surface area (Å²) >= 11 is 0. The quantitative estimate of drug-likeness (QED) is 0.618. The summed E-state index contributed by atoms with van der Waals surface area (Å²) in [5, 5.41) is 0. The minimum absolute atomic E-state index is 0. The lowest BCUT2D eigenvalue weighted by Crippen LogP contribution is -2.18. The molecule has 0 bridgehead atoms. The number of pyridine rings is 1. The summed E-state index contributed by atoms with van der Waals surface area (Å²) in [4.78, 5) is 20.3. The number of hydrogen-bond donors (Lipinski definition) is 0. The topological polar surface area (TPSA) is 57.0 Å². The van der Waals surface area contributed by atoms with Gasteiger partial charge in [0.05, 0.1) is 6.20 Å². The van der Waals surface area contributed by atoms with Gasteiger partial charge in [-0.3, -0.25) is 4.79 Å².